The highest BCUT2D eigenvalue weighted by atomic mass is 14.6. The third-order valence-electron chi connectivity index (χ3n) is 3.09. The minimum absolute atomic E-state index is 0.549. The molecular weight excluding hydrogens is 218 g/mol. The van der Waals surface area contributed by atoms with Crippen LogP contribution < -0.4 is 0 Å². The smallest absolute Gasteiger partial charge is 0.0705 e. The molecule has 0 bridgehead atoms. The van der Waals surface area contributed by atoms with Gasteiger partial charge in [-0.2, -0.15) is 0 Å². The van der Waals surface area contributed by atoms with E-state index in [0.29, 0.717) is 11.8 Å². The summed E-state index contributed by atoms with van der Waals surface area (Å²) in [5, 5.41) is 1.31. The van der Waals surface area contributed by atoms with E-state index in [1.807, 2.05) is 20.0 Å². The summed E-state index contributed by atoms with van der Waals surface area (Å²) >= 11 is 0. The molecule has 0 fully saturated rings. The Hall–Kier alpha value is -1.37. The number of hydrogen-bond acceptors (Lipinski definition) is 1. The summed E-state index contributed by atoms with van der Waals surface area (Å²) in [6.45, 7) is 12.9. The van der Waals surface area contributed by atoms with E-state index in [0.717, 1.165) is 5.52 Å². The van der Waals surface area contributed by atoms with Crippen molar-refractivity contribution in [2.24, 2.45) is 0 Å². The molecule has 1 aromatic heterocycles. The number of benzene rings is 1. The van der Waals surface area contributed by atoms with Crippen molar-refractivity contribution in [2.75, 3.05) is 0 Å². The second-order valence-corrected chi connectivity index (χ2v) is 4.99. The van der Waals surface area contributed by atoms with Gasteiger partial charge < -0.3 is 0 Å². The van der Waals surface area contributed by atoms with Crippen molar-refractivity contribution in [3.63, 3.8) is 0 Å². The zero-order valence-electron chi connectivity index (χ0n) is 12.5. The van der Waals surface area contributed by atoms with Crippen molar-refractivity contribution in [3.8, 4) is 0 Å². The molecule has 1 nitrogen and oxygen atoms in total. The molecule has 0 saturated carbocycles. The van der Waals surface area contributed by atoms with E-state index in [1.165, 1.54) is 16.5 Å². The van der Waals surface area contributed by atoms with Crippen LogP contribution in [0.5, 0.6) is 0 Å². The largest absolute Gasteiger partial charge is 0.256 e. The lowest BCUT2D eigenvalue weighted by molar-refractivity contribution is 0.861. The fourth-order valence-electron chi connectivity index (χ4n) is 2.05. The quantitative estimate of drug-likeness (QED) is 0.678. The van der Waals surface area contributed by atoms with E-state index < -0.39 is 0 Å². The molecule has 0 saturated heterocycles. The summed E-state index contributed by atoms with van der Waals surface area (Å²) in [6.07, 6.45) is 1.91. The molecule has 98 valence electrons. The lowest BCUT2D eigenvalue weighted by Gasteiger charge is -2.12. The Morgan fingerprint density at radius 2 is 1.56 bits per heavy atom. The maximum absolute atomic E-state index is 4.42. The Labute approximate surface area is 111 Å². The highest BCUT2D eigenvalue weighted by Crippen LogP contribution is 2.26. The second kappa shape index (κ2) is 6.53. The second-order valence-electron chi connectivity index (χ2n) is 4.99. The van der Waals surface area contributed by atoms with E-state index in [-0.39, 0.29) is 0 Å². The Balaban J connectivity index is 0.000000771. The zero-order valence-corrected chi connectivity index (χ0v) is 12.5. The number of hydrogen-bond donors (Lipinski definition) is 0. The normalized spacial score (nSPS) is 10.7. The Kier molecular flexibility index (Phi) is 5.33. The highest BCUT2D eigenvalue weighted by molar-refractivity contribution is 5.83. The van der Waals surface area contributed by atoms with Crippen molar-refractivity contribution < 1.29 is 0 Å². The number of nitrogens with zero attached hydrogens (tertiary/aromatic N) is 1. The highest BCUT2D eigenvalue weighted by Gasteiger charge is 2.07. The van der Waals surface area contributed by atoms with Crippen LogP contribution in [-0.2, 0) is 0 Å². The third-order valence-corrected chi connectivity index (χ3v) is 3.09. The SMILES string of the molecule is CC.CC(C)c1ccc2nccc(C(C)C)c2c1. The van der Waals surface area contributed by atoms with Crippen LogP contribution in [0.15, 0.2) is 30.5 Å². The van der Waals surface area contributed by atoms with E-state index >= 15 is 0 Å². The lowest BCUT2D eigenvalue weighted by Crippen LogP contribution is -1.94. The zero-order chi connectivity index (χ0) is 13.7. The predicted octanol–water partition coefficient (Wildman–Crippen LogP) is 5.51. The first kappa shape index (κ1) is 14.7. The summed E-state index contributed by atoms with van der Waals surface area (Å²) < 4.78 is 0. The average Bonchev–Trinajstić information content (AvgIpc) is 2.39. The van der Waals surface area contributed by atoms with Crippen molar-refractivity contribution in [2.45, 2.75) is 53.4 Å². The minimum atomic E-state index is 0.549. The van der Waals surface area contributed by atoms with Gasteiger partial charge in [0, 0.05) is 11.6 Å². The first-order chi connectivity index (χ1) is 8.59. The Bertz CT molecular complexity index is 498. The van der Waals surface area contributed by atoms with Crippen LogP contribution in [-0.4, -0.2) is 4.98 Å². The summed E-state index contributed by atoms with van der Waals surface area (Å²) in [6, 6.07) is 8.75. The molecule has 1 heteroatoms. The topological polar surface area (TPSA) is 12.9 Å². The van der Waals surface area contributed by atoms with Crippen molar-refractivity contribution in [3.05, 3.63) is 41.6 Å². The summed E-state index contributed by atoms with van der Waals surface area (Å²) in [5.74, 6) is 1.12. The van der Waals surface area contributed by atoms with Gasteiger partial charge in [0.15, 0.2) is 0 Å². The molecule has 0 radical (unpaired) electrons. The summed E-state index contributed by atoms with van der Waals surface area (Å²) in [4.78, 5) is 4.42. The van der Waals surface area contributed by atoms with Gasteiger partial charge in [-0.05, 0) is 41.2 Å². The van der Waals surface area contributed by atoms with Crippen molar-refractivity contribution >= 4 is 10.9 Å². The van der Waals surface area contributed by atoms with Gasteiger partial charge in [0.2, 0.25) is 0 Å². The average molecular weight is 243 g/mol. The van der Waals surface area contributed by atoms with Crippen LogP contribution in [0.1, 0.15) is 64.5 Å². The predicted molar refractivity (Wildman–Crippen MR) is 81.3 cm³/mol. The third kappa shape index (κ3) is 3.10. The molecule has 1 heterocycles. The van der Waals surface area contributed by atoms with Gasteiger partial charge in [0.1, 0.15) is 0 Å². The van der Waals surface area contributed by atoms with Gasteiger partial charge in [-0.3, -0.25) is 4.98 Å². The van der Waals surface area contributed by atoms with Gasteiger partial charge in [0.25, 0.3) is 0 Å². The molecule has 18 heavy (non-hydrogen) atoms. The van der Waals surface area contributed by atoms with Crippen LogP contribution in [0.3, 0.4) is 0 Å². The maximum atomic E-state index is 4.42. The van der Waals surface area contributed by atoms with Crippen molar-refractivity contribution in [1.29, 1.82) is 0 Å². The van der Waals surface area contributed by atoms with Crippen LogP contribution >= 0.6 is 0 Å². The van der Waals surface area contributed by atoms with E-state index in [1.54, 1.807) is 0 Å². The first-order valence-electron chi connectivity index (χ1n) is 6.98. The van der Waals surface area contributed by atoms with Gasteiger partial charge in [0.05, 0.1) is 5.52 Å². The first-order valence-corrected chi connectivity index (χ1v) is 6.98. The number of fused-ring (bicyclic) bond motifs is 1. The van der Waals surface area contributed by atoms with E-state index in [2.05, 4.69) is 56.9 Å². The number of pyridine rings is 1. The standard InChI is InChI=1S/C15H19N.C2H6/c1-10(2)12-5-6-15-14(9-12)13(11(3)4)7-8-16-15;1-2/h5-11H,1-4H3;1-2H3. The molecule has 1 aromatic carbocycles. The minimum Gasteiger partial charge on any atom is -0.256 e. The van der Waals surface area contributed by atoms with Crippen molar-refractivity contribution in [1.82, 2.24) is 4.98 Å². The number of aromatic nitrogens is 1. The van der Waals surface area contributed by atoms with Crippen LogP contribution in [0, 0.1) is 0 Å². The summed E-state index contributed by atoms with van der Waals surface area (Å²) in [7, 11) is 0. The molecule has 2 rings (SSSR count). The molecule has 0 unspecified atom stereocenters. The van der Waals surface area contributed by atoms with Crippen LogP contribution in [0.4, 0.5) is 0 Å². The van der Waals surface area contributed by atoms with Gasteiger partial charge in [-0.25, -0.2) is 0 Å². The molecule has 0 aliphatic carbocycles. The van der Waals surface area contributed by atoms with E-state index in [9.17, 15) is 0 Å². The van der Waals surface area contributed by atoms with Gasteiger partial charge in [-0.15, -0.1) is 0 Å². The Morgan fingerprint density at radius 3 is 2.11 bits per heavy atom. The molecule has 0 aliphatic heterocycles. The molecule has 2 aromatic rings. The van der Waals surface area contributed by atoms with Crippen LogP contribution in [0.2, 0.25) is 0 Å². The number of rotatable bonds is 2. The monoisotopic (exact) mass is 243 g/mol. The van der Waals surface area contributed by atoms with Crippen LogP contribution in [0.25, 0.3) is 10.9 Å². The Morgan fingerprint density at radius 1 is 0.889 bits per heavy atom. The fourth-order valence-corrected chi connectivity index (χ4v) is 2.05. The van der Waals surface area contributed by atoms with Gasteiger partial charge >= 0.3 is 0 Å². The molecule has 0 aliphatic rings. The fraction of sp³-hybridized carbons (Fsp3) is 0.471. The maximum Gasteiger partial charge on any atom is 0.0705 e. The molecule has 0 N–H and O–H groups in total. The molecule has 0 amide bonds. The lowest BCUT2D eigenvalue weighted by atomic mass is 9.95. The molecule has 0 atom stereocenters. The molecule has 0 spiro atoms. The summed E-state index contributed by atoms with van der Waals surface area (Å²) in [5.41, 5.74) is 3.89. The van der Waals surface area contributed by atoms with E-state index in [4.69, 9.17) is 0 Å². The van der Waals surface area contributed by atoms with Gasteiger partial charge in [-0.1, -0.05) is 47.6 Å². The molecular formula is C17H25N.